The van der Waals surface area contributed by atoms with Crippen LogP contribution in [0.2, 0.25) is 0 Å². The Morgan fingerprint density at radius 2 is 1.85 bits per heavy atom. The van der Waals surface area contributed by atoms with E-state index < -0.39 is 5.97 Å². The lowest BCUT2D eigenvalue weighted by molar-refractivity contribution is -0.131. The standard InChI is InChI=1S/C22H23NO3/c1-15(24)26-20-10-6-4-8-18(20)21(25)23-12-11-22(2)14-17(23)13-16-7-3-5-9-19(16)22/h3-10,17H,11-14H2,1-2H3. The van der Waals surface area contributed by atoms with Gasteiger partial charge in [-0.2, -0.15) is 0 Å². The normalized spacial score (nSPS) is 23.9. The summed E-state index contributed by atoms with van der Waals surface area (Å²) in [7, 11) is 0. The first-order chi connectivity index (χ1) is 12.5. The van der Waals surface area contributed by atoms with Gasteiger partial charge in [-0.25, -0.2) is 0 Å². The number of ether oxygens (including phenoxy) is 1. The Morgan fingerprint density at radius 1 is 1.12 bits per heavy atom. The number of rotatable bonds is 2. The Balaban J connectivity index is 1.65. The van der Waals surface area contributed by atoms with E-state index in [2.05, 4.69) is 31.2 Å². The molecule has 0 spiro atoms. The van der Waals surface area contributed by atoms with E-state index in [9.17, 15) is 9.59 Å². The number of hydrogen-bond donors (Lipinski definition) is 0. The molecule has 2 atom stereocenters. The van der Waals surface area contributed by atoms with Gasteiger partial charge in [-0.3, -0.25) is 9.59 Å². The first-order valence-corrected chi connectivity index (χ1v) is 9.15. The van der Waals surface area contributed by atoms with E-state index in [1.807, 2.05) is 11.0 Å². The summed E-state index contributed by atoms with van der Waals surface area (Å²) in [6.45, 7) is 4.39. The summed E-state index contributed by atoms with van der Waals surface area (Å²) in [4.78, 5) is 26.6. The van der Waals surface area contributed by atoms with E-state index in [1.165, 1.54) is 18.1 Å². The zero-order chi connectivity index (χ0) is 18.3. The number of esters is 1. The lowest BCUT2D eigenvalue weighted by atomic mass is 9.65. The van der Waals surface area contributed by atoms with Gasteiger partial charge in [0.2, 0.25) is 0 Å². The van der Waals surface area contributed by atoms with Gasteiger partial charge in [-0.05, 0) is 47.9 Å². The van der Waals surface area contributed by atoms with Crippen molar-refractivity contribution < 1.29 is 14.3 Å². The molecule has 4 rings (SSSR count). The summed E-state index contributed by atoms with van der Waals surface area (Å²) in [6, 6.07) is 15.8. The van der Waals surface area contributed by atoms with Gasteiger partial charge in [-0.15, -0.1) is 0 Å². The fraction of sp³-hybridized carbons (Fsp3) is 0.364. The summed E-state index contributed by atoms with van der Waals surface area (Å²) < 4.78 is 5.25. The number of fused-ring (bicyclic) bond motifs is 4. The fourth-order valence-electron chi connectivity index (χ4n) is 4.56. The van der Waals surface area contributed by atoms with Gasteiger partial charge < -0.3 is 9.64 Å². The minimum atomic E-state index is -0.414. The molecule has 2 aromatic rings. The monoisotopic (exact) mass is 349 g/mol. The van der Waals surface area contributed by atoms with E-state index in [0.717, 1.165) is 25.8 Å². The number of piperidine rings is 1. The van der Waals surface area contributed by atoms with Gasteiger partial charge >= 0.3 is 5.97 Å². The molecule has 1 aliphatic carbocycles. The lowest BCUT2D eigenvalue weighted by Gasteiger charge is -2.49. The van der Waals surface area contributed by atoms with E-state index in [-0.39, 0.29) is 17.4 Å². The van der Waals surface area contributed by atoms with Crippen LogP contribution in [-0.4, -0.2) is 29.4 Å². The number of carbonyl (C=O) groups is 2. The number of para-hydroxylation sites is 1. The molecule has 1 fully saturated rings. The first-order valence-electron chi connectivity index (χ1n) is 9.15. The Bertz CT molecular complexity index is 875. The van der Waals surface area contributed by atoms with Crippen LogP contribution < -0.4 is 4.74 Å². The van der Waals surface area contributed by atoms with Gasteiger partial charge in [-0.1, -0.05) is 43.3 Å². The van der Waals surface area contributed by atoms with Crippen molar-refractivity contribution in [2.24, 2.45) is 0 Å². The molecule has 1 aliphatic heterocycles. The van der Waals surface area contributed by atoms with Crippen molar-refractivity contribution in [1.82, 2.24) is 4.90 Å². The zero-order valence-corrected chi connectivity index (χ0v) is 15.2. The molecule has 0 aromatic heterocycles. The summed E-state index contributed by atoms with van der Waals surface area (Å²) in [5.74, 6) is -0.120. The van der Waals surface area contributed by atoms with E-state index in [0.29, 0.717) is 11.3 Å². The van der Waals surface area contributed by atoms with Crippen molar-refractivity contribution in [1.29, 1.82) is 0 Å². The van der Waals surface area contributed by atoms with Crippen LogP contribution in [0.5, 0.6) is 5.75 Å². The molecule has 2 aromatic carbocycles. The van der Waals surface area contributed by atoms with Crippen molar-refractivity contribution in [3.63, 3.8) is 0 Å². The molecule has 2 aliphatic rings. The molecule has 1 saturated heterocycles. The van der Waals surface area contributed by atoms with Gasteiger partial charge in [0.15, 0.2) is 0 Å². The lowest BCUT2D eigenvalue weighted by Crippen LogP contribution is -2.54. The third kappa shape index (κ3) is 2.79. The number of likely N-dealkylation sites (tertiary alicyclic amines) is 1. The minimum absolute atomic E-state index is 0.0479. The van der Waals surface area contributed by atoms with E-state index in [4.69, 9.17) is 4.74 Å². The van der Waals surface area contributed by atoms with Crippen molar-refractivity contribution in [3.8, 4) is 5.75 Å². The molecule has 2 bridgehead atoms. The zero-order valence-electron chi connectivity index (χ0n) is 15.2. The van der Waals surface area contributed by atoms with Gasteiger partial charge in [0.1, 0.15) is 5.75 Å². The quantitative estimate of drug-likeness (QED) is 0.613. The van der Waals surface area contributed by atoms with Crippen LogP contribution in [0.4, 0.5) is 0 Å². The molecule has 4 nitrogen and oxygen atoms in total. The van der Waals surface area contributed by atoms with Crippen molar-refractivity contribution in [3.05, 3.63) is 65.2 Å². The van der Waals surface area contributed by atoms with Gasteiger partial charge in [0, 0.05) is 19.5 Å². The number of amides is 1. The number of benzene rings is 2. The topological polar surface area (TPSA) is 46.6 Å². The predicted octanol–water partition coefficient (Wildman–Crippen LogP) is 3.73. The fourth-order valence-corrected chi connectivity index (χ4v) is 4.56. The van der Waals surface area contributed by atoms with Gasteiger partial charge in [0.25, 0.3) is 5.91 Å². The Morgan fingerprint density at radius 3 is 2.65 bits per heavy atom. The van der Waals surface area contributed by atoms with Gasteiger partial charge in [0.05, 0.1) is 5.56 Å². The first kappa shape index (κ1) is 16.8. The third-order valence-corrected chi connectivity index (χ3v) is 5.79. The molecule has 26 heavy (non-hydrogen) atoms. The molecule has 0 N–H and O–H groups in total. The molecular weight excluding hydrogens is 326 g/mol. The highest BCUT2D eigenvalue weighted by atomic mass is 16.5. The molecular formula is C22H23NO3. The highest BCUT2D eigenvalue weighted by Crippen LogP contribution is 2.45. The highest BCUT2D eigenvalue weighted by molar-refractivity contribution is 5.98. The van der Waals surface area contributed by atoms with E-state index >= 15 is 0 Å². The molecule has 1 heterocycles. The number of carbonyl (C=O) groups excluding carboxylic acids is 2. The van der Waals surface area contributed by atoms with E-state index in [1.54, 1.807) is 18.2 Å². The maximum Gasteiger partial charge on any atom is 0.308 e. The Labute approximate surface area is 153 Å². The van der Waals surface area contributed by atoms with Crippen LogP contribution in [-0.2, 0) is 16.6 Å². The third-order valence-electron chi connectivity index (χ3n) is 5.79. The molecule has 134 valence electrons. The smallest absolute Gasteiger partial charge is 0.308 e. The maximum atomic E-state index is 13.3. The largest absolute Gasteiger partial charge is 0.426 e. The average molecular weight is 349 g/mol. The molecule has 0 saturated carbocycles. The van der Waals surface area contributed by atoms with Crippen molar-refractivity contribution in [2.45, 2.75) is 44.6 Å². The number of nitrogens with zero attached hydrogens (tertiary/aromatic N) is 1. The number of hydrogen-bond acceptors (Lipinski definition) is 3. The molecule has 2 unspecified atom stereocenters. The highest BCUT2D eigenvalue weighted by Gasteiger charge is 2.44. The second-order valence-corrected chi connectivity index (χ2v) is 7.62. The van der Waals surface area contributed by atoms with Crippen LogP contribution in [0.15, 0.2) is 48.5 Å². The Hall–Kier alpha value is -2.62. The van der Waals surface area contributed by atoms with Crippen LogP contribution in [0.3, 0.4) is 0 Å². The van der Waals surface area contributed by atoms with Crippen LogP contribution in [0.1, 0.15) is 48.2 Å². The summed E-state index contributed by atoms with van der Waals surface area (Å²) in [5.41, 5.74) is 3.37. The minimum Gasteiger partial charge on any atom is -0.426 e. The van der Waals surface area contributed by atoms with Crippen molar-refractivity contribution >= 4 is 11.9 Å². The predicted molar refractivity (Wildman–Crippen MR) is 99.3 cm³/mol. The summed E-state index contributed by atoms with van der Waals surface area (Å²) >= 11 is 0. The summed E-state index contributed by atoms with van der Waals surface area (Å²) in [5, 5.41) is 0. The second-order valence-electron chi connectivity index (χ2n) is 7.62. The maximum absolute atomic E-state index is 13.3. The average Bonchev–Trinajstić information content (AvgIpc) is 2.61. The van der Waals surface area contributed by atoms with Crippen LogP contribution >= 0.6 is 0 Å². The SMILES string of the molecule is CC(=O)Oc1ccccc1C(=O)N1CCC2(C)CC1Cc1ccccc12. The van der Waals surface area contributed by atoms with Crippen LogP contribution in [0, 0.1) is 0 Å². The molecule has 4 heteroatoms. The molecule has 1 amide bonds. The summed E-state index contributed by atoms with van der Waals surface area (Å²) in [6.07, 6.45) is 2.81. The second kappa shape index (κ2) is 6.27. The molecule has 0 radical (unpaired) electrons. The van der Waals surface area contributed by atoms with Crippen LogP contribution in [0.25, 0.3) is 0 Å². The van der Waals surface area contributed by atoms with Crippen molar-refractivity contribution in [2.75, 3.05) is 6.54 Å². The Kier molecular flexibility index (Phi) is 4.06.